The minimum Gasteiger partial charge on any atom is -0.349 e. The zero-order valence-corrected chi connectivity index (χ0v) is 12.5. The van der Waals surface area contributed by atoms with Crippen molar-refractivity contribution in [1.29, 1.82) is 0 Å². The highest BCUT2D eigenvalue weighted by atomic mass is 35.5. The molecule has 3 nitrogen and oxygen atoms in total. The number of benzene rings is 1. The lowest BCUT2D eigenvalue weighted by atomic mass is 10.0. The number of nitrogens with one attached hydrogen (secondary N) is 1. The Morgan fingerprint density at radius 3 is 2.53 bits per heavy atom. The van der Waals surface area contributed by atoms with Crippen molar-refractivity contribution < 1.29 is 4.79 Å². The molecule has 0 spiro atoms. The summed E-state index contributed by atoms with van der Waals surface area (Å²) in [6.07, 6.45) is 2.66. The molecule has 2 rings (SSSR count). The van der Waals surface area contributed by atoms with Gasteiger partial charge in [-0.05, 0) is 43.9 Å². The Bertz CT molecular complexity index is 422. The standard InChI is InChI=1S/C14H19ClN2O.ClH/c1-9(10-2-5-12(15)6-3-10)17-14(18)11-4-7-13(16)8-11;/h2-3,5-6,9,11,13H,4,7-8,16H2,1H3,(H,17,18);1H. The monoisotopic (exact) mass is 302 g/mol. The Labute approximate surface area is 125 Å². The van der Waals surface area contributed by atoms with E-state index in [9.17, 15) is 4.79 Å². The van der Waals surface area contributed by atoms with Crippen LogP contribution in [-0.4, -0.2) is 11.9 Å². The van der Waals surface area contributed by atoms with Gasteiger partial charge in [-0.3, -0.25) is 4.79 Å². The summed E-state index contributed by atoms with van der Waals surface area (Å²) >= 11 is 5.84. The molecular weight excluding hydrogens is 283 g/mol. The first-order valence-corrected chi connectivity index (χ1v) is 6.75. The van der Waals surface area contributed by atoms with Gasteiger partial charge in [0.25, 0.3) is 0 Å². The first-order valence-electron chi connectivity index (χ1n) is 6.37. The van der Waals surface area contributed by atoms with E-state index in [0.29, 0.717) is 5.02 Å². The smallest absolute Gasteiger partial charge is 0.223 e. The van der Waals surface area contributed by atoms with Crippen molar-refractivity contribution in [2.24, 2.45) is 11.7 Å². The fourth-order valence-corrected chi connectivity index (χ4v) is 2.55. The molecule has 1 aromatic rings. The van der Waals surface area contributed by atoms with Gasteiger partial charge in [-0.2, -0.15) is 0 Å². The summed E-state index contributed by atoms with van der Waals surface area (Å²) in [7, 11) is 0. The van der Waals surface area contributed by atoms with E-state index in [1.165, 1.54) is 0 Å². The molecule has 5 heteroatoms. The normalized spacial score (nSPS) is 23.5. The molecule has 0 aliphatic heterocycles. The molecule has 0 aromatic heterocycles. The van der Waals surface area contributed by atoms with Crippen LogP contribution in [0.25, 0.3) is 0 Å². The molecule has 0 bridgehead atoms. The third kappa shape index (κ3) is 4.37. The Hall–Kier alpha value is -0.770. The van der Waals surface area contributed by atoms with Crippen LogP contribution in [-0.2, 0) is 4.79 Å². The number of nitrogens with two attached hydrogens (primary N) is 1. The number of carbonyl (C=O) groups is 1. The summed E-state index contributed by atoms with van der Waals surface area (Å²) in [5, 5.41) is 3.75. The van der Waals surface area contributed by atoms with E-state index in [4.69, 9.17) is 17.3 Å². The van der Waals surface area contributed by atoms with E-state index >= 15 is 0 Å². The van der Waals surface area contributed by atoms with Crippen LogP contribution in [0.1, 0.15) is 37.8 Å². The third-order valence-corrected chi connectivity index (χ3v) is 3.82. The summed E-state index contributed by atoms with van der Waals surface area (Å²) in [6, 6.07) is 7.75. The minimum absolute atomic E-state index is 0. The molecule has 3 unspecified atom stereocenters. The molecule has 3 N–H and O–H groups in total. The van der Waals surface area contributed by atoms with E-state index in [0.717, 1.165) is 24.8 Å². The third-order valence-electron chi connectivity index (χ3n) is 3.57. The van der Waals surface area contributed by atoms with E-state index in [2.05, 4.69) is 5.32 Å². The van der Waals surface area contributed by atoms with Crippen molar-refractivity contribution in [2.45, 2.75) is 38.3 Å². The van der Waals surface area contributed by atoms with Gasteiger partial charge >= 0.3 is 0 Å². The molecule has 106 valence electrons. The summed E-state index contributed by atoms with van der Waals surface area (Å²) in [5.41, 5.74) is 6.89. The Morgan fingerprint density at radius 2 is 2.00 bits per heavy atom. The van der Waals surface area contributed by atoms with Gasteiger partial charge in [0.1, 0.15) is 0 Å². The van der Waals surface area contributed by atoms with Crippen LogP contribution in [0, 0.1) is 5.92 Å². The topological polar surface area (TPSA) is 55.1 Å². The molecule has 0 saturated heterocycles. The molecule has 19 heavy (non-hydrogen) atoms. The first kappa shape index (κ1) is 16.3. The van der Waals surface area contributed by atoms with Gasteiger partial charge in [-0.25, -0.2) is 0 Å². The average molecular weight is 303 g/mol. The predicted molar refractivity (Wildman–Crippen MR) is 80.6 cm³/mol. The fraction of sp³-hybridized carbons (Fsp3) is 0.500. The molecule has 3 atom stereocenters. The second-order valence-electron chi connectivity index (χ2n) is 5.05. The van der Waals surface area contributed by atoms with Crippen LogP contribution in [0.5, 0.6) is 0 Å². The van der Waals surface area contributed by atoms with Crippen molar-refractivity contribution in [3.63, 3.8) is 0 Å². The van der Waals surface area contributed by atoms with E-state index in [1.54, 1.807) is 0 Å². The Kier molecular flexibility index (Phi) is 6.11. The minimum atomic E-state index is 0. The summed E-state index contributed by atoms with van der Waals surface area (Å²) in [5.74, 6) is 0.195. The molecule has 1 amide bonds. The second-order valence-corrected chi connectivity index (χ2v) is 5.49. The van der Waals surface area contributed by atoms with Crippen LogP contribution in [0.3, 0.4) is 0 Å². The lowest BCUT2D eigenvalue weighted by molar-refractivity contribution is -0.125. The zero-order valence-electron chi connectivity index (χ0n) is 10.9. The number of halogens is 2. The van der Waals surface area contributed by atoms with Crippen LogP contribution < -0.4 is 11.1 Å². The molecule has 1 aromatic carbocycles. The van der Waals surface area contributed by atoms with E-state index in [1.807, 2.05) is 31.2 Å². The predicted octanol–water partition coefficient (Wildman–Crippen LogP) is 3.07. The van der Waals surface area contributed by atoms with Gasteiger partial charge in [0.2, 0.25) is 5.91 Å². The zero-order chi connectivity index (χ0) is 13.1. The van der Waals surface area contributed by atoms with Crippen molar-refractivity contribution in [2.75, 3.05) is 0 Å². The summed E-state index contributed by atoms with van der Waals surface area (Å²) < 4.78 is 0. The number of amides is 1. The first-order chi connectivity index (χ1) is 8.56. The van der Waals surface area contributed by atoms with Gasteiger partial charge in [0.15, 0.2) is 0 Å². The van der Waals surface area contributed by atoms with Crippen molar-refractivity contribution in [3.05, 3.63) is 34.9 Å². The quantitative estimate of drug-likeness (QED) is 0.901. The molecule has 0 radical (unpaired) electrons. The molecule has 1 aliphatic carbocycles. The SMILES string of the molecule is CC(NC(=O)C1CCC(N)C1)c1ccc(Cl)cc1.Cl. The van der Waals surface area contributed by atoms with Crippen molar-refractivity contribution >= 4 is 29.9 Å². The van der Waals surface area contributed by atoms with Crippen LogP contribution in [0.2, 0.25) is 5.02 Å². The number of rotatable bonds is 3. The molecule has 1 aliphatic rings. The van der Waals surface area contributed by atoms with Crippen LogP contribution in [0.15, 0.2) is 24.3 Å². The molecule has 1 saturated carbocycles. The maximum absolute atomic E-state index is 12.0. The van der Waals surface area contributed by atoms with Gasteiger partial charge in [-0.1, -0.05) is 23.7 Å². The van der Waals surface area contributed by atoms with Gasteiger partial charge in [-0.15, -0.1) is 12.4 Å². The Morgan fingerprint density at radius 1 is 1.37 bits per heavy atom. The van der Waals surface area contributed by atoms with Gasteiger partial charge < -0.3 is 11.1 Å². The summed E-state index contributed by atoms with van der Waals surface area (Å²) in [4.78, 5) is 12.0. The van der Waals surface area contributed by atoms with Crippen LogP contribution >= 0.6 is 24.0 Å². The molecule has 0 heterocycles. The van der Waals surface area contributed by atoms with E-state index in [-0.39, 0.29) is 36.3 Å². The van der Waals surface area contributed by atoms with Gasteiger partial charge in [0.05, 0.1) is 6.04 Å². The maximum Gasteiger partial charge on any atom is 0.223 e. The second kappa shape index (κ2) is 7.13. The summed E-state index contributed by atoms with van der Waals surface area (Å²) in [6.45, 7) is 1.98. The Balaban J connectivity index is 0.00000180. The van der Waals surface area contributed by atoms with Crippen molar-refractivity contribution in [3.8, 4) is 0 Å². The highest BCUT2D eigenvalue weighted by Gasteiger charge is 2.28. The molecular formula is C14H20Cl2N2O. The van der Waals surface area contributed by atoms with Gasteiger partial charge in [0, 0.05) is 17.0 Å². The number of carbonyl (C=O) groups excluding carboxylic acids is 1. The maximum atomic E-state index is 12.0. The number of hydrogen-bond donors (Lipinski definition) is 2. The lowest BCUT2D eigenvalue weighted by Gasteiger charge is -2.17. The highest BCUT2D eigenvalue weighted by Crippen LogP contribution is 2.25. The van der Waals surface area contributed by atoms with Crippen molar-refractivity contribution in [1.82, 2.24) is 5.32 Å². The largest absolute Gasteiger partial charge is 0.349 e. The van der Waals surface area contributed by atoms with E-state index < -0.39 is 0 Å². The lowest BCUT2D eigenvalue weighted by Crippen LogP contribution is -2.32. The number of hydrogen-bond acceptors (Lipinski definition) is 2. The average Bonchev–Trinajstić information content (AvgIpc) is 2.76. The molecule has 1 fully saturated rings. The highest BCUT2D eigenvalue weighted by molar-refractivity contribution is 6.30. The van der Waals surface area contributed by atoms with Crippen LogP contribution in [0.4, 0.5) is 0 Å². The fourth-order valence-electron chi connectivity index (χ4n) is 2.42.